The monoisotopic (exact) mass is 181 g/mol. The molecule has 0 saturated heterocycles. The minimum absolute atomic E-state index is 0.619. The molecule has 0 aromatic heterocycles. The molecule has 0 aliphatic rings. The standard InChI is InChI=1S/C8H11NO2.N2/c1-10-6-3-4-7(9)8(5-6)11-2;1-2/h3-5H,9H2,1-2H3;. The fraction of sp³-hybridized carbons (Fsp3) is 0.250. The summed E-state index contributed by atoms with van der Waals surface area (Å²) < 4.78 is 9.96. The van der Waals surface area contributed by atoms with Crippen molar-refractivity contribution in [1.82, 2.24) is 0 Å². The summed E-state index contributed by atoms with van der Waals surface area (Å²) in [6.07, 6.45) is 0. The number of benzene rings is 1. The van der Waals surface area contributed by atoms with Crippen LogP contribution in [0.2, 0.25) is 0 Å². The van der Waals surface area contributed by atoms with E-state index in [-0.39, 0.29) is 0 Å². The zero-order chi connectivity index (χ0) is 10.3. The Labute approximate surface area is 76.5 Å². The molecule has 1 aromatic rings. The van der Waals surface area contributed by atoms with Gasteiger partial charge in [0.1, 0.15) is 11.5 Å². The van der Waals surface area contributed by atoms with Gasteiger partial charge >= 0.3 is 0 Å². The molecule has 1 aromatic carbocycles. The highest BCUT2D eigenvalue weighted by Gasteiger charge is 1.99. The van der Waals surface area contributed by atoms with Crippen molar-refractivity contribution < 1.29 is 9.47 Å². The van der Waals surface area contributed by atoms with E-state index in [1.165, 1.54) is 0 Å². The predicted molar refractivity (Wildman–Crippen MR) is 47.4 cm³/mol. The fourth-order valence-corrected chi connectivity index (χ4v) is 0.818. The summed E-state index contributed by atoms with van der Waals surface area (Å²) in [5.74, 6) is 1.39. The maximum atomic E-state index is 6.00. The molecule has 1 rings (SSSR count). The second kappa shape index (κ2) is 5.66. The molecule has 0 spiro atoms. The van der Waals surface area contributed by atoms with E-state index in [9.17, 15) is 0 Å². The zero-order valence-corrected chi connectivity index (χ0v) is 7.52. The lowest BCUT2D eigenvalue weighted by molar-refractivity contribution is 0.395. The number of anilines is 1. The predicted octanol–water partition coefficient (Wildman–Crippen LogP) is 1.32. The second-order valence-corrected chi connectivity index (χ2v) is 2.11. The van der Waals surface area contributed by atoms with Crippen molar-refractivity contribution in [3.63, 3.8) is 0 Å². The van der Waals surface area contributed by atoms with Crippen LogP contribution in [0.3, 0.4) is 0 Å². The largest absolute Gasteiger partial charge is 0.497 e. The quantitative estimate of drug-likeness (QED) is 0.548. The van der Waals surface area contributed by atoms with Crippen LogP contribution < -0.4 is 15.2 Å². The van der Waals surface area contributed by atoms with Crippen LogP contribution in [0.15, 0.2) is 18.2 Å². The number of ether oxygens (including phenoxy) is 2. The molecule has 0 heterocycles. The number of methoxy groups -OCH3 is 2. The summed E-state index contributed by atoms with van der Waals surface area (Å²) in [5, 5.41) is 12.0. The summed E-state index contributed by atoms with van der Waals surface area (Å²) >= 11 is 0. The molecule has 5 nitrogen and oxygen atoms in total. The van der Waals surface area contributed by atoms with Crippen LogP contribution in [0.4, 0.5) is 5.69 Å². The molecule has 0 saturated carbocycles. The molecule has 5 heteroatoms. The van der Waals surface area contributed by atoms with Gasteiger partial charge in [0.05, 0.1) is 19.9 Å². The van der Waals surface area contributed by atoms with Gasteiger partial charge in [-0.25, -0.2) is 0 Å². The van der Waals surface area contributed by atoms with Crippen molar-refractivity contribution in [1.29, 1.82) is 10.8 Å². The van der Waals surface area contributed by atoms with Gasteiger partial charge in [0.2, 0.25) is 0 Å². The summed E-state index contributed by atoms with van der Waals surface area (Å²) in [4.78, 5) is 0. The third kappa shape index (κ3) is 2.87. The van der Waals surface area contributed by atoms with Gasteiger partial charge in [-0.15, -0.1) is 0 Å². The highest BCUT2D eigenvalue weighted by molar-refractivity contribution is 5.55. The van der Waals surface area contributed by atoms with Crippen molar-refractivity contribution in [3.05, 3.63) is 18.2 Å². The van der Waals surface area contributed by atoms with Gasteiger partial charge in [-0.05, 0) is 12.1 Å². The summed E-state index contributed by atoms with van der Waals surface area (Å²) in [6.45, 7) is 0. The summed E-state index contributed by atoms with van der Waals surface area (Å²) in [5.41, 5.74) is 6.19. The Hall–Kier alpha value is -1.96. The average Bonchev–Trinajstić information content (AvgIpc) is 2.22. The van der Waals surface area contributed by atoms with E-state index >= 15 is 0 Å². The van der Waals surface area contributed by atoms with Crippen LogP contribution in [0.1, 0.15) is 0 Å². The minimum Gasteiger partial charge on any atom is -0.497 e. The molecule has 0 fully saturated rings. The first-order chi connectivity index (χ1) is 6.27. The number of rotatable bonds is 2. The van der Waals surface area contributed by atoms with E-state index in [2.05, 4.69) is 0 Å². The molecule has 70 valence electrons. The molecule has 0 unspecified atom stereocenters. The molecule has 0 aliphatic carbocycles. The van der Waals surface area contributed by atoms with Crippen LogP contribution in [0.25, 0.3) is 0 Å². The second-order valence-electron chi connectivity index (χ2n) is 2.11. The molecule has 0 atom stereocenters. The lowest BCUT2D eigenvalue weighted by atomic mass is 10.3. The lowest BCUT2D eigenvalue weighted by Crippen LogP contribution is -1.92. The van der Waals surface area contributed by atoms with E-state index in [1.54, 1.807) is 32.4 Å². The average molecular weight is 181 g/mol. The zero-order valence-electron chi connectivity index (χ0n) is 7.52. The van der Waals surface area contributed by atoms with Gasteiger partial charge in [-0.3, -0.25) is 0 Å². The number of hydrogen-bond donors (Lipinski definition) is 1. The third-order valence-corrected chi connectivity index (χ3v) is 1.44. The van der Waals surface area contributed by atoms with Crippen LogP contribution >= 0.6 is 0 Å². The number of nitrogen functional groups attached to an aromatic ring is 1. The van der Waals surface area contributed by atoms with Crippen LogP contribution in [0, 0.1) is 10.8 Å². The Morgan fingerprint density at radius 1 is 1.15 bits per heavy atom. The summed E-state index contributed by atoms with van der Waals surface area (Å²) in [7, 11) is 3.18. The van der Waals surface area contributed by atoms with E-state index in [1.807, 2.05) is 0 Å². The minimum atomic E-state index is 0.619. The van der Waals surface area contributed by atoms with E-state index in [0.717, 1.165) is 5.75 Å². The fourth-order valence-electron chi connectivity index (χ4n) is 0.818. The SMILES string of the molecule is COc1ccc(N)c(OC)c1.N#N. The first kappa shape index (κ1) is 11.0. The Morgan fingerprint density at radius 2 is 1.77 bits per heavy atom. The van der Waals surface area contributed by atoms with Crippen molar-refractivity contribution in [2.45, 2.75) is 0 Å². The normalized spacial score (nSPS) is 8.00. The van der Waals surface area contributed by atoms with Crippen molar-refractivity contribution in [2.24, 2.45) is 0 Å². The third-order valence-electron chi connectivity index (χ3n) is 1.44. The van der Waals surface area contributed by atoms with E-state index < -0.39 is 0 Å². The van der Waals surface area contributed by atoms with Gasteiger partial charge in [-0.2, -0.15) is 0 Å². The van der Waals surface area contributed by atoms with Gasteiger partial charge in [0.15, 0.2) is 0 Å². The summed E-state index contributed by atoms with van der Waals surface area (Å²) in [6, 6.07) is 5.28. The highest BCUT2D eigenvalue weighted by atomic mass is 16.5. The molecule has 0 amide bonds. The molecule has 13 heavy (non-hydrogen) atoms. The Kier molecular flexibility index (Phi) is 4.81. The van der Waals surface area contributed by atoms with Crippen LogP contribution in [0.5, 0.6) is 11.5 Å². The first-order valence-electron chi connectivity index (χ1n) is 3.45. The molecule has 0 aliphatic heterocycles. The number of nitrogens with zero attached hydrogens (tertiary/aromatic N) is 2. The lowest BCUT2D eigenvalue weighted by Gasteiger charge is -2.05. The van der Waals surface area contributed by atoms with Crippen LogP contribution in [-0.2, 0) is 0 Å². The smallest absolute Gasteiger partial charge is 0.145 e. The van der Waals surface area contributed by atoms with Gasteiger partial charge in [-0.1, -0.05) is 0 Å². The maximum Gasteiger partial charge on any atom is 0.145 e. The first-order valence-corrected chi connectivity index (χ1v) is 3.45. The molecular formula is C8H11N3O2. The molecule has 0 radical (unpaired) electrons. The highest BCUT2D eigenvalue weighted by Crippen LogP contribution is 2.25. The maximum absolute atomic E-state index is 6.00. The van der Waals surface area contributed by atoms with Crippen molar-refractivity contribution in [2.75, 3.05) is 20.0 Å². The number of hydrogen-bond acceptors (Lipinski definition) is 5. The number of nitrogens with two attached hydrogens (primary N) is 1. The van der Waals surface area contributed by atoms with Crippen molar-refractivity contribution >= 4 is 5.69 Å². The van der Waals surface area contributed by atoms with E-state index in [4.69, 9.17) is 26.0 Å². The topological polar surface area (TPSA) is 92.1 Å². The van der Waals surface area contributed by atoms with Gasteiger partial charge in [0.25, 0.3) is 0 Å². The molecular weight excluding hydrogens is 170 g/mol. The molecule has 2 N–H and O–H groups in total. The van der Waals surface area contributed by atoms with Crippen molar-refractivity contribution in [3.8, 4) is 11.5 Å². The molecule has 0 bridgehead atoms. The Bertz CT molecular complexity index is 286. The van der Waals surface area contributed by atoms with Gasteiger partial charge in [0, 0.05) is 16.9 Å². The van der Waals surface area contributed by atoms with Gasteiger partial charge < -0.3 is 15.2 Å². The Morgan fingerprint density at radius 3 is 2.23 bits per heavy atom. The van der Waals surface area contributed by atoms with Crippen LogP contribution in [-0.4, -0.2) is 14.2 Å². The van der Waals surface area contributed by atoms with E-state index in [0.29, 0.717) is 11.4 Å². The Balaban J connectivity index is 0.000000671.